The van der Waals surface area contributed by atoms with Gasteiger partial charge in [-0.2, -0.15) is 4.57 Å². The first kappa shape index (κ1) is 16.3. The molecule has 6 nitrogen and oxygen atoms in total. The molecular weight excluding hydrogens is 350 g/mol. The fourth-order valence-corrected chi connectivity index (χ4v) is 3.56. The Morgan fingerprint density at radius 1 is 1.35 bits per heavy atom. The first-order valence-electron chi connectivity index (χ1n) is 7.80. The second kappa shape index (κ2) is 6.62. The zero-order valence-electron chi connectivity index (χ0n) is 13.8. The molecule has 3 aromatic heterocycles. The maximum Gasteiger partial charge on any atom is 0.543 e. The molecule has 0 amide bonds. The lowest BCUT2D eigenvalue weighted by Crippen LogP contribution is -2.41. The molecule has 0 spiro atoms. The lowest BCUT2D eigenvalue weighted by atomic mass is 10.1. The van der Waals surface area contributed by atoms with Crippen LogP contribution >= 0.6 is 11.3 Å². The first-order valence-corrected chi connectivity index (χ1v) is 8.68. The Morgan fingerprint density at radius 2 is 2.23 bits per heavy atom. The Kier molecular flexibility index (Phi) is 4.16. The highest BCUT2D eigenvalue weighted by molar-refractivity contribution is 7.13. The predicted octanol–water partition coefficient (Wildman–Crippen LogP) is 3.28. The number of methoxy groups -OCH3 is 1. The van der Waals surface area contributed by atoms with Gasteiger partial charge in [0.2, 0.25) is 5.01 Å². The number of aromatic nitrogens is 3. The minimum atomic E-state index is -0.519. The Bertz CT molecular complexity index is 1070. The van der Waals surface area contributed by atoms with Crippen molar-refractivity contribution in [3.8, 4) is 10.6 Å². The molecule has 0 bridgehead atoms. The number of carbonyl (C=O) groups excluding carboxylic acids is 1. The standard InChI is InChI=1S/C19H14N3O3S/c1-25-19(24)22-10-14(13-6-2-3-7-16(13)22)17(23)15-11-26-18(21-15)12-5-4-8-20-9-12/h2-11,23H,1H3/q-1. The summed E-state index contributed by atoms with van der Waals surface area (Å²) < 4.78 is 6.19. The zero-order chi connectivity index (χ0) is 18.1. The summed E-state index contributed by atoms with van der Waals surface area (Å²) in [4.78, 5) is 20.6. The lowest BCUT2D eigenvalue weighted by Gasteiger charge is -2.15. The zero-order valence-corrected chi connectivity index (χ0v) is 14.6. The molecule has 0 aliphatic rings. The van der Waals surface area contributed by atoms with Crippen molar-refractivity contribution in [2.24, 2.45) is 0 Å². The van der Waals surface area contributed by atoms with E-state index in [0.29, 0.717) is 16.8 Å². The molecule has 0 fully saturated rings. The molecule has 0 saturated heterocycles. The first-order chi connectivity index (χ1) is 12.7. The Labute approximate surface area is 153 Å². The van der Waals surface area contributed by atoms with Crippen molar-refractivity contribution in [2.45, 2.75) is 0 Å². The normalized spacial score (nSPS) is 10.8. The third kappa shape index (κ3) is 2.73. The van der Waals surface area contributed by atoms with Gasteiger partial charge in [0.15, 0.2) is 11.3 Å². The van der Waals surface area contributed by atoms with Gasteiger partial charge in [-0.05, 0) is 17.9 Å². The molecular formula is C19H14N3O3S-. The molecule has 26 heavy (non-hydrogen) atoms. The van der Waals surface area contributed by atoms with Gasteiger partial charge in [0, 0.05) is 11.9 Å². The van der Waals surface area contributed by atoms with Crippen molar-refractivity contribution < 1.29 is 19.2 Å². The van der Waals surface area contributed by atoms with Crippen LogP contribution in [-0.4, -0.2) is 28.3 Å². The van der Waals surface area contributed by atoms with Gasteiger partial charge >= 0.3 is 6.09 Å². The number of para-hydroxylation sites is 1. The number of hydrogen-bond acceptors (Lipinski definition) is 5. The van der Waals surface area contributed by atoms with E-state index < -0.39 is 6.09 Å². The summed E-state index contributed by atoms with van der Waals surface area (Å²) >= 11 is 1.42. The average molecular weight is 364 g/mol. The molecule has 1 N–H and O–H groups in total. The molecule has 4 aromatic rings. The van der Waals surface area contributed by atoms with Gasteiger partial charge in [-0.3, -0.25) is 4.98 Å². The van der Waals surface area contributed by atoms with Crippen LogP contribution < -0.4 is 4.57 Å². The molecule has 4 rings (SSSR count). The summed E-state index contributed by atoms with van der Waals surface area (Å²) in [6.45, 7) is 0. The Hall–Kier alpha value is -3.16. The quantitative estimate of drug-likeness (QED) is 0.343. The van der Waals surface area contributed by atoms with Gasteiger partial charge in [0.05, 0.1) is 13.3 Å². The minimum Gasteiger partial charge on any atom is -0.444 e. The third-order valence-electron chi connectivity index (χ3n) is 3.99. The van der Waals surface area contributed by atoms with Crippen LogP contribution in [0.1, 0.15) is 11.3 Å². The number of pyridine rings is 1. The van der Waals surface area contributed by atoms with Crippen LogP contribution in [0.25, 0.3) is 21.5 Å². The predicted molar refractivity (Wildman–Crippen MR) is 96.3 cm³/mol. The minimum absolute atomic E-state index is 0.00948. The van der Waals surface area contributed by atoms with Crippen molar-refractivity contribution in [2.75, 3.05) is 7.11 Å². The van der Waals surface area contributed by atoms with E-state index in [-0.39, 0.29) is 6.10 Å². The van der Waals surface area contributed by atoms with Crippen LogP contribution in [0.4, 0.5) is 4.79 Å². The summed E-state index contributed by atoms with van der Waals surface area (Å²) in [7, 11) is 1.32. The van der Waals surface area contributed by atoms with Gasteiger partial charge in [-0.1, -0.05) is 17.7 Å². The van der Waals surface area contributed by atoms with Gasteiger partial charge in [-0.15, -0.1) is 29.7 Å². The Morgan fingerprint density at radius 3 is 3.00 bits per heavy atom. The number of aliphatic hydroxyl groups excluding tert-OH is 1. The molecule has 7 heteroatoms. The highest BCUT2D eigenvalue weighted by Crippen LogP contribution is 2.31. The number of benzene rings is 1. The summed E-state index contributed by atoms with van der Waals surface area (Å²) in [6.07, 6.45) is 4.48. The number of hydrogen-bond donors (Lipinski definition) is 1. The fraction of sp³-hybridized carbons (Fsp3) is 0.0526. The highest BCUT2D eigenvalue weighted by atomic mass is 32.1. The second-order valence-corrected chi connectivity index (χ2v) is 6.39. The highest BCUT2D eigenvalue weighted by Gasteiger charge is 2.20. The summed E-state index contributed by atoms with van der Waals surface area (Å²) in [6, 6.07) is 11.1. The van der Waals surface area contributed by atoms with E-state index in [1.165, 1.54) is 23.0 Å². The fourth-order valence-electron chi connectivity index (χ4n) is 2.76. The van der Waals surface area contributed by atoms with Gasteiger partial charge in [-0.25, -0.2) is 4.79 Å². The molecule has 0 aliphatic carbocycles. The number of carbonyl (C=O) groups is 1. The van der Waals surface area contributed by atoms with Crippen LogP contribution in [0.15, 0.2) is 60.4 Å². The SMILES string of the molecule is COC(=O)[n+]1cc([C-](O)c2c[s+][c-](-c3cccnc3)n2)c2cccc[c-]21. The van der Waals surface area contributed by atoms with Crippen molar-refractivity contribution in [3.63, 3.8) is 0 Å². The molecule has 0 unspecified atom stereocenters. The number of ether oxygens (including phenoxy) is 1. The molecule has 1 aromatic carbocycles. The lowest BCUT2D eigenvalue weighted by molar-refractivity contribution is -0.555. The number of aliphatic hydroxyl groups is 1. The van der Waals surface area contributed by atoms with Gasteiger partial charge in [0.1, 0.15) is 10.9 Å². The number of thiazole rings is 1. The van der Waals surface area contributed by atoms with E-state index in [9.17, 15) is 9.90 Å². The average Bonchev–Trinajstić information content (AvgIpc) is 3.33. The molecule has 0 aliphatic heterocycles. The van der Waals surface area contributed by atoms with Crippen LogP contribution in [0.2, 0.25) is 0 Å². The van der Waals surface area contributed by atoms with E-state index in [1.54, 1.807) is 30.0 Å². The topological polar surface area (TPSA) is 76.2 Å². The number of nitrogens with zero attached hydrogens (tertiary/aromatic N) is 3. The van der Waals surface area contributed by atoms with Crippen LogP contribution in [0.5, 0.6) is 0 Å². The van der Waals surface area contributed by atoms with Crippen molar-refractivity contribution >= 4 is 28.3 Å². The Balaban J connectivity index is 1.76. The second-order valence-electron chi connectivity index (χ2n) is 5.53. The molecule has 130 valence electrons. The molecule has 0 atom stereocenters. The van der Waals surface area contributed by atoms with E-state index in [0.717, 1.165) is 16.0 Å². The van der Waals surface area contributed by atoms with Crippen molar-refractivity contribution in [1.29, 1.82) is 0 Å². The largest absolute Gasteiger partial charge is 0.543 e. The van der Waals surface area contributed by atoms with Crippen molar-refractivity contribution in [1.82, 2.24) is 9.97 Å². The maximum atomic E-state index is 12.0. The smallest absolute Gasteiger partial charge is 0.444 e. The summed E-state index contributed by atoms with van der Waals surface area (Å²) in [5, 5.41) is 14.1. The number of fused-ring (bicyclic) bond motifs is 1. The molecule has 3 heterocycles. The van der Waals surface area contributed by atoms with Crippen LogP contribution in [0.3, 0.4) is 0 Å². The third-order valence-corrected chi connectivity index (χ3v) is 4.89. The van der Waals surface area contributed by atoms with E-state index >= 15 is 0 Å². The molecule has 0 saturated carbocycles. The molecule has 0 radical (unpaired) electrons. The van der Waals surface area contributed by atoms with Crippen molar-refractivity contribution in [3.05, 3.63) is 77.7 Å². The summed E-state index contributed by atoms with van der Waals surface area (Å²) in [5.74, 6) is 0. The van der Waals surface area contributed by atoms with Gasteiger partial charge < -0.3 is 14.8 Å². The summed E-state index contributed by atoms with van der Waals surface area (Å²) in [5.41, 5.74) is 2.51. The van der Waals surface area contributed by atoms with Crippen LogP contribution in [0, 0.1) is 6.10 Å². The van der Waals surface area contributed by atoms with E-state index in [4.69, 9.17) is 4.74 Å². The van der Waals surface area contributed by atoms with E-state index in [1.807, 2.05) is 30.3 Å². The van der Waals surface area contributed by atoms with E-state index in [2.05, 4.69) is 9.97 Å². The monoisotopic (exact) mass is 364 g/mol. The maximum absolute atomic E-state index is 12.0. The van der Waals surface area contributed by atoms with Crippen LogP contribution in [-0.2, 0) is 4.74 Å². The van der Waals surface area contributed by atoms with Gasteiger partial charge in [0.25, 0.3) is 0 Å². The number of rotatable bonds is 3.